The van der Waals surface area contributed by atoms with Crippen LogP contribution in [0.3, 0.4) is 0 Å². The maximum absolute atomic E-state index is 12.3. The Kier molecular flexibility index (Phi) is 5.96. The van der Waals surface area contributed by atoms with Crippen LogP contribution in [0.25, 0.3) is 0 Å². The van der Waals surface area contributed by atoms with Gasteiger partial charge in [-0.05, 0) is 41.8 Å². The van der Waals surface area contributed by atoms with Crippen molar-refractivity contribution in [3.05, 3.63) is 59.7 Å². The molecule has 6 nitrogen and oxygen atoms in total. The van der Waals surface area contributed by atoms with Gasteiger partial charge in [0.15, 0.2) is 0 Å². The van der Waals surface area contributed by atoms with Gasteiger partial charge in [-0.25, -0.2) is 0 Å². The second kappa shape index (κ2) is 8.58. The highest BCUT2D eigenvalue weighted by molar-refractivity contribution is 5.93. The lowest BCUT2D eigenvalue weighted by Gasteiger charge is -2.24. The Hall–Kier alpha value is -3.02. The molecule has 27 heavy (non-hydrogen) atoms. The summed E-state index contributed by atoms with van der Waals surface area (Å²) in [5, 5.41) is 0. The Balaban J connectivity index is 1.67. The molecule has 2 aromatic carbocycles. The Bertz CT molecular complexity index is 800. The van der Waals surface area contributed by atoms with E-state index in [1.807, 2.05) is 53.4 Å². The van der Waals surface area contributed by atoms with Crippen molar-refractivity contribution in [2.24, 2.45) is 10.7 Å². The minimum absolute atomic E-state index is 0.110. The number of carbonyl (C=O) groups is 1. The third kappa shape index (κ3) is 4.58. The van der Waals surface area contributed by atoms with Gasteiger partial charge in [-0.2, -0.15) is 0 Å². The number of ether oxygens (including phenoxy) is 2. The lowest BCUT2D eigenvalue weighted by atomic mass is 10.1. The van der Waals surface area contributed by atoms with Crippen molar-refractivity contribution in [3.8, 4) is 11.5 Å². The van der Waals surface area contributed by atoms with E-state index in [0.29, 0.717) is 31.8 Å². The van der Waals surface area contributed by atoms with Crippen molar-refractivity contribution < 1.29 is 14.3 Å². The molecular weight excluding hydrogens is 342 g/mol. The summed E-state index contributed by atoms with van der Waals surface area (Å²) >= 11 is 0. The molecule has 1 amide bonds. The molecule has 6 heteroatoms. The summed E-state index contributed by atoms with van der Waals surface area (Å²) in [6, 6.07) is 15.3. The summed E-state index contributed by atoms with van der Waals surface area (Å²) in [7, 11) is 3.27. The van der Waals surface area contributed by atoms with E-state index in [2.05, 4.69) is 4.99 Å². The van der Waals surface area contributed by atoms with Crippen LogP contribution in [0.15, 0.2) is 53.5 Å². The van der Waals surface area contributed by atoms with E-state index in [-0.39, 0.29) is 11.9 Å². The molecule has 0 unspecified atom stereocenters. The van der Waals surface area contributed by atoms with Crippen molar-refractivity contribution in [1.29, 1.82) is 0 Å². The maximum Gasteiger partial charge on any atom is 0.223 e. The first-order chi connectivity index (χ1) is 13.1. The molecule has 0 spiro atoms. The number of hydrogen-bond donors (Lipinski definition) is 1. The van der Waals surface area contributed by atoms with Crippen molar-refractivity contribution >= 4 is 11.7 Å². The van der Waals surface area contributed by atoms with E-state index in [1.54, 1.807) is 14.2 Å². The third-order valence-corrected chi connectivity index (χ3v) is 4.78. The van der Waals surface area contributed by atoms with Gasteiger partial charge in [0, 0.05) is 13.0 Å². The normalized spacial score (nSPS) is 17.3. The van der Waals surface area contributed by atoms with Crippen LogP contribution in [-0.2, 0) is 17.9 Å². The molecular formula is C21H25N3O3. The summed E-state index contributed by atoms with van der Waals surface area (Å²) in [5.74, 6) is 2.22. The topological polar surface area (TPSA) is 77.2 Å². The van der Waals surface area contributed by atoms with E-state index >= 15 is 0 Å². The van der Waals surface area contributed by atoms with Crippen LogP contribution < -0.4 is 15.2 Å². The molecule has 0 bridgehead atoms. The van der Waals surface area contributed by atoms with Crippen LogP contribution in [0.5, 0.6) is 11.5 Å². The fourth-order valence-electron chi connectivity index (χ4n) is 3.19. The van der Waals surface area contributed by atoms with E-state index in [9.17, 15) is 4.79 Å². The molecule has 1 aliphatic rings. The number of benzene rings is 2. The van der Waals surface area contributed by atoms with Gasteiger partial charge in [-0.3, -0.25) is 9.79 Å². The number of nitrogens with zero attached hydrogens (tertiary/aromatic N) is 2. The van der Waals surface area contributed by atoms with Gasteiger partial charge in [0.25, 0.3) is 0 Å². The number of carbonyl (C=O) groups excluding carboxylic acids is 1. The van der Waals surface area contributed by atoms with Gasteiger partial charge >= 0.3 is 0 Å². The number of rotatable bonds is 7. The zero-order valence-electron chi connectivity index (χ0n) is 15.7. The zero-order valence-corrected chi connectivity index (χ0v) is 15.7. The first-order valence-electron chi connectivity index (χ1n) is 8.96. The van der Waals surface area contributed by atoms with Gasteiger partial charge in [-0.1, -0.05) is 24.3 Å². The molecule has 1 fully saturated rings. The van der Waals surface area contributed by atoms with E-state index < -0.39 is 0 Å². The van der Waals surface area contributed by atoms with Gasteiger partial charge in [-0.15, -0.1) is 0 Å². The molecule has 0 saturated carbocycles. The lowest BCUT2D eigenvalue weighted by molar-refractivity contribution is -0.128. The highest BCUT2D eigenvalue weighted by atomic mass is 16.5. The van der Waals surface area contributed by atoms with Crippen LogP contribution in [-0.4, -0.2) is 36.9 Å². The molecule has 0 aromatic heterocycles. The second-order valence-electron chi connectivity index (χ2n) is 6.51. The number of likely N-dealkylation sites (tertiary alicyclic amines) is 1. The Morgan fingerprint density at radius 3 is 2.15 bits per heavy atom. The minimum atomic E-state index is -0.155. The molecule has 3 rings (SSSR count). The minimum Gasteiger partial charge on any atom is -0.497 e. The number of hydrogen-bond acceptors (Lipinski definition) is 4. The molecule has 1 aliphatic heterocycles. The predicted octanol–water partition coefficient (Wildman–Crippen LogP) is 2.75. The number of aliphatic imine (C=N–C) groups is 1. The highest BCUT2D eigenvalue weighted by Gasteiger charge is 2.33. The van der Waals surface area contributed by atoms with Gasteiger partial charge < -0.3 is 20.1 Å². The summed E-state index contributed by atoms with van der Waals surface area (Å²) in [4.78, 5) is 18.7. The molecule has 0 aliphatic carbocycles. The monoisotopic (exact) mass is 367 g/mol. The molecule has 142 valence electrons. The number of nitrogens with two attached hydrogens (primary N) is 1. The molecule has 1 atom stereocenters. The first kappa shape index (κ1) is 18.8. The molecule has 1 saturated heterocycles. The summed E-state index contributed by atoms with van der Waals surface area (Å²) in [6.45, 7) is 1.00. The SMILES string of the molecule is COc1ccc(CN=C(N)[C@@H]2CCC(=O)N2Cc2ccc(OC)cc2)cc1. The average molecular weight is 367 g/mol. The van der Waals surface area contributed by atoms with Gasteiger partial charge in [0.05, 0.1) is 26.8 Å². The van der Waals surface area contributed by atoms with E-state index in [0.717, 1.165) is 22.6 Å². The maximum atomic E-state index is 12.3. The van der Waals surface area contributed by atoms with Crippen LogP contribution in [0.4, 0.5) is 0 Å². The lowest BCUT2D eigenvalue weighted by Crippen LogP contribution is -2.42. The van der Waals surface area contributed by atoms with Crippen LogP contribution in [0.1, 0.15) is 24.0 Å². The molecule has 2 aromatic rings. The summed E-state index contributed by atoms with van der Waals surface area (Å²) in [5.41, 5.74) is 8.33. The van der Waals surface area contributed by atoms with Crippen molar-refractivity contribution in [2.75, 3.05) is 14.2 Å². The van der Waals surface area contributed by atoms with Gasteiger partial charge in [0.2, 0.25) is 5.91 Å². The van der Waals surface area contributed by atoms with E-state index in [1.165, 1.54) is 0 Å². The van der Waals surface area contributed by atoms with Crippen molar-refractivity contribution in [3.63, 3.8) is 0 Å². The van der Waals surface area contributed by atoms with Crippen molar-refractivity contribution in [2.45, 2.75) is 32.0 Å². The third-order valence-electron chi connectivity index (χ3n) is 4.78. The van der Waals surface area contributed by atoms with Crippen LogP contribution in [0.2, 0.25) is 0 Å². The predicted molar refractivity (Wildman–Crippen MR) is 105 cm³/mol. The fraction of sp³-hybridized carbons (Fsp3) is 0.333. The Morgan fingerprint density at radius 1 is 1.04 bits per heavy atom. The molecule has 1 heterocycles. The first-order valence-corrected chi connectivity index (χ1v) is 8.96. The van der Waals surface area contributed by atoms with E-state index in [4.69, 9.17) is 15.2 Å². The van der Waals surface area contributed by atoms with Crippen LogP contribution in [0, 0.1) is 0 Å². The van der Waals surface area contributed by atoms with Crippen LogP contribution >= 0.6 is 0 Å². The quantitative estimate of drug-likeness (QED) is 0.603. The number of amides is 1. The van der Waals surface area contributed by atoms with Crippen molar-refractivity contribution in [1.82, 2.24) is 4.90 Å². The average Bonchev–Trinajstić information content (AvgIpc) is 3.07. The largest absolute Gasteiger partial charge is 0.497 e. The second-order valence-corrected chi connectivity index (χ2v) is 6.51. The smallest absolute Gasteiger partial charge is 0.223 e. The molecule has 2 N–H and O–H groups in total. The molecule has 0 radical (unpaired) electrons. The number of methoxy groups -OCH3 is 2. The standard InChI is InChI=1S/C21H25N3O3/c1-26-17-7-3-15(4-8-17)13-23-21(22)19-11-12-20(25)24(19)14-16-5-9-18(27-2)10-6-16/h3-10,19H,11-14H2,1-2H3,(H2,22,23)/t19-/m0/s1. The highest BCUT2D eigenvalue weighted by Crippen LogP contribution is 2.23. The summed E-state index contributed by atoms with van der Waals surface area (Å²) in [6.07, 6.45) is 1.20. The van der Waals surface area contributed by atoms with Gasteiger partial charge in [0.1, 0.15) is 17.3 Å². The summed E-state index contributed by atoms with van der Waals surface area (Å²) < 4.78 is 10.3. The Morgan fingerprint density at radius 2 is 1.59 bits per heavy atom. The Labute approximate surface area is 159 Å². The number of amidine groups is 1. The fourth-order valence-corrected chi connectivity index (χ4v) is 3.19. The zero-order chi connectivity index (χ0) is 19.2.